The molecule has 0 aliphatic carbocycles. The molecule has 140 valence electrons. The molecule has 7 heteroatoms. The highest BCUT2D eigenvalue weighted by Gasteiger charge is 2.33. The van der Waals surface area contributed by atoms with Gasteiger partial charge in [0.05, 0.1) is 30.7 Å². The van der Waals surface area contributed by atoms with Crippen LogP contribution in [0.25, 0.3) is 0 Å². The smallest absolute Gasteiger partial charge is 0.305 e. The van der Waals surface area contributed by atoms with E-state index >= 15 is 0 Å². The van der Waals surface area contributed by atoms with Crippen LogP contribution in [0.1, 0.15) is 50.9 Å². The molecule has 2 N–H and O–H groups in total. The lowest BCUT2D eigenvalue weighted by Crippen LogP contribution is -2.51. The van der Waals surface area contributed by atoms with Gasteiger partial charge in [-0.1, -0.05) is 32.4 Å². The number of benzene rings is 1. The van der Waals surface area contributed by atoms with E-state index in [9.17, 15) is 9.59 Å². The summed E-state index contributed by atoms with van der Waals surface area (Å²) in [4.78, 5) is 23.8. The molecule has 0 saturated carbocycles. The number of aliphatic carboxylic acids is 1. The number of hydrogen-bond donors (Lipinski definition) is 2. The molecule has 0 fully saturated rings. The summed E-state index contributed by atoms with van der Waals surface area (Å²) in [5, 5.41) is 12.2. The van der Waals surface area contributed by atoms with Crippen LogP contribution in [0.15, 0.2) is 12.1 Å². The third-order valence-electron chi connectivity index (χ3n) is 4.13. The van der Waals surface area contributed by atoms with E-state index in [4.69, 9.17) is 26.2 Å². The standard InChI is InChI=1S/C18H26ClNO5/c1-6-7-25-16-13(19)8-12(9-14(16)24-5)17(23)20-18(4,11(2)3)10-15(21)22/h8-9,11H,6-7,10H2,1-5H3,(H,20,23)(H,21,22). The molecule has 0 radical (unpaired) electrons. The molecule has 1 rings (SSSR count). The Bertz CT molecular complexity index is 632. The normalized spacial score (nSPS) is 13.2. The first-order valence-electron chi connectivity index (χ1n) is 8.19. The first kappa shape index (κ1) is 21.1. The Balaban J connectivity index is 3.12. The summed E-state index contributed by atoms with van der Waals surface area (Å²) in [5.74, 6) is -0.720. The van der Waals surface area contributed by atoms with E-state index in [0.717, 1.165) is 6.42 Å². The fourth-order valence-corrected chi connectivity index (χ4v) is 2.50. The van der Waals surface area contributed by atoms with Crippen molar-refractivity contribution in [2.45, 2.75) is 46.1 Å². The number of hydrogen-bond acceptors (Lipinski definition) is 4. The van der Waals surface area contributed by atoms with Crippen LogP contribution in [0, 0.1) is 5.92 Å². The van der Waals surface area contributed by atoms with Crippen LogP contribution in [-0.2, 0) is 4.79 Å². The highest BCUT2D eigenvalue weighted by molar-refractivity contribution is 6.32. The van der Waals surface area contributed by atoms with E-state index < -0.39 is 17.4 Å². The summed E-state index contributed by atoms with van der Waals surface area (Å²) < 4.78 is 10.8. The van der Waals surface area contributed by atoms with Gasteiger partial charge in [0.15, 0.2) is 11.5 Å². The van der Waals surface area contributed by atoms with Gasteiger partial charge in [0.2, 0.25) is 0 Å². The zero-order valence-electron chi connectivity index (χ0n) is 15.3. The Morgan fingerprint density at radius 3 is 2.48 bits per heavy atom. The number of nitrogens with one attached hydrogen (secondary N) is 1. The van der Waals surface area contributed by atoms with Crippen molar-refractivity contribution in [1.29, 1.82) is 0 Å². The van der Waals surface area contributed by atoms with Crippen LogP contribution in [0.2, 0.25) is 5.02 Å². The van der Waals surface area contributed by atoms with Crippen molar-refractivity contribution in [3.8, 4) is 11.5 Å². The van der Waals surface area contributed by atoms with Crippen LogP contribution in [0.5, 0.6) is 11.5 Å². The molecule has 0 spiro atoms. The molecule has 1 aromatic carbocycles. The number of rotatable bonds is 9. The molecule has 25 heavy (non-hydrogen) atoms. The number of ether oxygens (including phenoxy) is 2. The van der Waals surface area contributed by atoms with Gasteiger partial charge in [-0.05, 0) is 31.4 Å². The highest BCUT2D eigenvalue weighted by atomic mass is 35.5. The van der Waals surface area contributed by atoms with Gasteiger partial charge < -0.3 is 19.9 Å². The summed E-state index contributed by atoms with van der Waals surface area (Å²) in [5.41, 5.74) is -0.608. The van der Waals surface area contributed by atoms with Gasteiger partial charge in [-0.15, -0.1) is 0 Å². The maximum absolute atomic E-state index is 12.6. The van der Waals surface area contributed by atoms with Crippen molar-refractivity contribution in [3.63, 3.8) is 0 Å². The average Bonchev–Trinajstić information content (AvgIpc) is 2.51. The summed E-state index contributed by atoms with van der Waals surface area (Å²) in [6, 6.07) is 3.03. The molecular weight excluding hydrogens is 346 g/mol. The number of carboxylic acid groups (broad SMARTS) is 1. The van der Waals surface area contributed by atoms with Crippen LogP contribution in [-0.4, -0.2) is 36.2 Å². The van der Waals surface area contributed by atoms with Gasteiger partial charge in [-0.2, -0.15) is 0 Å². The van der Waals surface area contributed by atoms with E-state index in [1.165, 1.54) is 19.2 Å². The molecule has 1 atom stereocenters. The fourth-order valence-electron chi connectivity index (χ4n) is 2.23. The quantitative estimate of drug-likeness (QED) is 0.690. The third-order valence-corrected chi connectivity index (χ3v) is 4.41. The average molecular weight is 372 g/mol. The lowest BCUT2D eigenvalue weighted by molar-refractivity contribution is -0.138. The zero-order chi connectivity index (χ0) is 19.2. The minimum atomic E-state index is -0.976. The Morgan fingerprint density at radius 1 is 1.36 bits per heavy atom. The van der Waals surface area contributed by atoms with Crippen molar-refractivity contribution >= 4 is 23.5 Å². The van der Waals surface area contributed by atoms with Crippen molar-refractivity contribution in [1.82, 2.24) is 5.32 Å². The lowest BCUT2D eigenvalue weighted by Gasteiger charge is -2.33. The van der Waals surface area contributed by atoms with Crippen molar-refractivity contribution in [2.24, 2.45) is 5.92 Å². The maximum Gasteiger partial charge on any atom is 0.305 e. The largest absolute Gasteiger partial charge is 0.493 e. The van der Waals surface area contributed by atoms with Gasteiger partial charge in [-0.25, -0.2) is 0 Å². The Morgan fingerprint density at radius 2 is 2.00 bits per heavy atom. The number of carbonyl (C=O) groups is 2. The van der Waals surface area contributed by atoms with Crippen molar-refractivity contribution in [3.05, 3.63) is 22.7 Å². The second kappa shape index (κ2) is 8.94. The molecule has 0 saturated heterocycles. The topological polar surface area (TPSA) is 84.9 Å². The number of carboxylic acids is 1. The van der Waals surface area contributed by atoms with E-state index in [1.807, 2.05) is 20.8 Å². The molecule has 6 nitrogen and oxygen atoms in total. The molecule has 0 aromatic heterocycles. The Hall–Kier alpha value is -1.95. The summed E-state index contributed by atoms with van der Waals surface area (Å²) in [6.45, 7) is 7.88. The van der Waals surface area contributed by atoms with Crippen LogP contribution in [0.4, 0.5) is 0 Å². The lowest BCUT2D eigenvalue weighted by atomic mass is 9.85. The van der Waals surface area contributed by atoms with Crippen LogP contribution < -0.4 is 14.8 Å². The maximum atomic E-state index is 12.6. The Kier molecular flexibility index (Phi) is 7.55. The Labute approximate surface area is 153 Å². The van der Waals surface area contributed by atoms with Gasteiger partial charge in [-0.3, -0.25) is 9.59 Å². The fraction of sp³-hybridized carbons (Fsp3) is 0.556. The predicted octanol–water partition coefficient (Wildman–Crippen LogP) is 3.76. The first-order chi connectivity index (χ1) is 11.6. The molecule has 0 bridgehead atoms. The second-order valence-corrected chi connectivity index (χ2v) is 6.84. The molecular formula is C18H26ClNO5. The summed E-state index contributed by atoms with van der Waals surface area (Å²) >= 11 is 6.23. The summed E-state index contributed by atoms with van der Waals surface area (Å²) in [6.07, 6.45) is 0.628. The number of methoxy groups -OCH3 is 1. The molecule has 1 aromatic rings. The summed E-state index contributed by atoms with van der Waals surface area (Å²) in [7, 11) is 1.47. The minimum Gasteiger partial charge on any atom is -0.493 e. The second-order valence-electron chi connectivity index (χ2n) is 6.43. The van der Waals surface area contributed by atoms with E-state index in [1.54, 1.807) is 6.92 Å². The highest BCUT2D eigenvalue weighted by Crippen LogP contribution is 2.36. The molecule has 0 aliphatic rings. The molecule has 1 unspecified atom stereocenters. The van der Waals surface area contributed by atoms with Crippen LogP contribution in [0.3, 0.4) is 0 Å². The minimum absolute atomic E-state index is 0.0721. The van der Waals surface area contributed by atoms with Crippen molar-refractivity contribution < 1.29 is 24.2 Å². The number of amides is 1. The van der Waals surface area contributed by atoms with Crippen molar-refractivity contribution in [2.75, 3.05) is 13.7 Å². The van der Waals surface area contributed by atoms with Gasteiger partial charge >= 0.3 is 5.97 Å². The molecule has 0 heterocycles. The first-order valence-corrected chi connectivity index (χ1v) is 8.57. The predicted molar refractivity (Wildman–Crippen MR) is 96.8 cm³/mol. The van der Waals surface area contributed by atoms with E-state index in [0.29, 0.717) is 18.1 Å². The SMILES string of the molecule is CCCOc1c(Cl)cc(C(=O)NC(C)(CC(=O)O)C(C)C)cc1OC. The number of halogens is 1. The third kappa shape index (κ3) is 5.53. The monoisotopic (exact) mass is 371 g/mol. The van der Waals surface area contributed by atoms with Crippen LogP contribution >= 0.6 is 11.6 Å². The van der Waals surface area contributed by atoms with E-state index in [2.05, 4.69) is 5.32 Å². The van der Waals surface area contributed by atoms with E-state index in [-0.39, 0.29) is 22.9 Å². The zero-order valence-corrected chi connectivity index (χ0v) is 16.1. The molecule has 0 aliphatic heterocycles. The van der Waals surface area contributed by atoms with Gasteiger partial charge in [0.25, 0.3) is 5.91 Å². The van der Waals surface area contributed by atoms with Gasteiger partial charge in [0, 0.05) is 5.56 Å². The van der Waals surface area contributed by atoms with Gasteiger partial charge in [0.1, 0.15) is 0 Å². The molecule has 1 amide bonds. The number of carbonyl (C=O) groups excluding carboxylic acids is 1.